The molecule has 0 aliphatic carbocycles. The molecule has 4 heteroatoms. The van der Waals surface area contributed by atoms with Crippen LogP contribution < -0.4 is 10.5 Å². The summed E-state index contributed by atoms with van der Waals surface area (Å²) in [6.45, 7) is 2.82. The van der Waals surface area contributed by atoms with Gasteiger partial charge in [0, 0.05) is 4.88 Å². The predicted molar refractivity (Wildman–Crippen MR) is 80.3 cm³/mol. The summed E-state index contributed by atoms with van der Waals surface area (Å²) in [5, 5.41) is 2.04. The second-order valence-electron chi connectivity index (χ2n) is 4.03. The molecule has 0 aliphatic heterocycles. The van der Waals surface area contributed by atoms with E-state index in [1.807, 2.05) is 29.6 Å². The topological polar surface area (TPSA) is 35.2 Å². The molecule has 0 amide bonds. The molecule has 18 heavy (non-hydrogen) atoms. The lowest BCUT2D eigenvalue weighted by Gasteiger charge is -2.13. The quantitative estimate of drug-likeness (QED) is 0.887. The van der Waals surface area contributed by atoms with Crippen LogP contribution in [0.2, 0.25) is 0 Å². The first kappa shape index (κ1) is 13.6. The minimum Gasteiger partial charge on any atom is -0.492 e. The van der Waals surface area contributed by atoms with Crippen LogP contribution in [0.1, 0.15) is 29.8 Å². The summed E-state index contributed by atoms with van der Waals surface area (Å²) >= 11 is 5.21. The van der Waals surface area contributed by atoms with Gasteiger partial charge in [0.1, 0.15) is 5.75 Å². The summed E-state index contributed by atoms with van der Waals surface area (Å²) in [5.74, 6) is 0.874. The molecule has 2 nitrogen and oxygen atoms in total. The van der Waals surface area contributed by atoms with Gasteiger partial charge in [-0.05, 0) is 51.5 Å². The Morgan fingerprint density at radius 1 is 1.39 bits per heavy atom. The summed E-state index contributed by atoms with van der Waals surface area (Å²) in [6.07, 6.45) is 1.00. The van der Waals surface area contributed by atoms with Gasteiger partial charge in [-0.1, -0.05) is 19.1 Å². The highest BCUT2D eigenvalue weighted by molar-refractivity contribution is 9.10. The fourth-order valence-electron chi connectivity index (χ4n) is 1.67. The molecule has 2 aromatic rings. The molecular formula is C14H16BrNOS. The zero-order chi connectivity index (χ0) is 13.0. The number of nitrogens with two attached hydrogens (primary N) is 1. The van der Waals surface area contributed by atoms with Crippen molar-refractivity contribution in [3.05, 3.63) is 50.6 Å². The molecule has 0 bridgehead atoms. The Kier molecular flexibility index (Phi) is 4.80. The molecule has 1 heterocycles. The molecule has 96 valence electrons. The van der Waals surface area contributed by atoms with Crippen LogP contribution in [0, 0.1) is 0 Å². The van der Waals surface area contributed by atoms with Crippen LogP contribution in [0.15, 0.2) is 40.2 Å². The highest BCUT2D eigenvalue weighted by atomic mass is 79.9. The summed E-state index contributed by atoms with van der Waals surface area (Å²) in [6, 6.07) is 10.1. The lowest BCUT2D eigenvalue weighted by Crippen LogP contribution is -2.10. The number of halogens is 1. The zero-order valence-electron chi connectivity index (χ0n) is 10.2. The molecular weight excluding hydrogens is 310 g/mol. The summed E-state index contributed by atoms with van der Waals surface area (Å²) in [7, 11) is 0. The smallest absolute Gasteiger partial charge is 0.133 e. The van der Waals surface area contributed by atoms with Crippen molar-refractivity contribution in [2.45, 2.75) is 19.4 Å². The average molecular weight is 326 g/mol. The molecule has 1 unspecified atom stereocenters. The third-order valence-electron chi connectivity index (χ3n) is 2.63. The largest absolute Gasteiger partial charge is 0.492 e. The van der Waals surface area contributed by atoms with Crippen molar-refractivity contribution in [1.82, 2.24) is 0 Å². The highest BCUT2D eigenvalue weighted by Gasteiger charge is 2.11. The number of rotatable bonds is 5. The van der Waals surface area contributed by atoms with Gasteiger partial charge in [0.2, 0.25) is 0 Å². The van der Waals surface area contributed by atoms with E-state index in [1.165, 1.54) is 4.88 Å². The lowest BCUT2D eigenvalue weighted by molar-refractivity contribution is 0.315. The first-order valence-electron chi connectivity index (χ1n) is 5.93. The van der Waals surface area contributed by atoms with E-state index in [9.17, 15) is 0 Å². The van der Waals surface area contributed by atoms with Gasteiger partial charge in [-0.25, -0.2) is 0 Å². The Balaban J connectivity index is 2.18. The standard InChI is InChI=1S/C14H16BrNOS/c1-2-7-17-12-6-5-10(9-11(12)15)14(16)13-4-3-8-18-13/h3-6,8-9,14H,2,7,16H2,1H3. The molecule has 0 aliphatic rings. The molecule has 1 atom stereocenters. The Morgan fingerprint density at radius 3 is 2.83 bits per heavy atom. The van der Waals surface area contributed by atoms with E-state index >= 15 is 0 Å². The van der Waals surface area contributed by atoms with Gasteiger partial charge < -0.3 is 10.5 Å². The molecule has 0 radical (unpaired) electrons. The van der Waals surface area contributed by atoms with E-state index in [2.05, 4.69) is 28.9 Å². The summed E-state index contributed by atoms with van der Waals surface area (Å²) < 4.78 is 6.59. The molecule has 0 fully saturated rings. The van der Waals surface area contributed by atoms with Crippen LogP contribution in [-0.4, -0.2) is 6.61 Å². The second-order valence-corrected chi connectivity index (χ2v) is 5.87. The van der Waals surface area contributed by atoms with E-state index in [0.29, 0.717) is 0 Å². The molecule has 2 rings (SSSR count). The lowest BCUT2D eigenvalue weighted by atomic mass is 10.1. The third-order valence-corrected chi connectivity index (χ3v) is 4.20. The summed E-state index contributed by atoms with van der Waals surface area (Å²) in [4.78, 5) is 1.17. The maximum atomic E-state index is 6.23. The van der Waals surface area contributed by atoms with Gasteiger partial charge in [-0.2, -0.15) is 0 Å². The van der Waals surface area contributed by atoms with E-state index in [-0.39, 0.29) is 6.04 Å². The van der Waals surface area contributed by atoms with Crippen molar-refractivity contribution in [1.29, 1.82) is 0 Å². The normalized spacial score (nSPS) is 12.4. The van der Waals surface area contributed by atoms with Crippen molar-refractivity contribution < 1.29 is 4.74 Å². The zero-order valence-corrected chi connectivity index (χ0v) is 12.6. The van der Waals surface area contributed by atoms with Crippen LogP contribution in [0.4, 0.5) is 0 Å². The van der Waals surface area contributed by atoms with E-state index < -0.39 is 0 Å². The van der Waals surface area contributed by atoms with Crippen LogP contribution in [0.5, 0.6) is 5.75 Å². The number of thiophene rings is 1. The monoisotopic (exact) mass is 325 g/mol. The van der Waals surface area contributed by atoms with E-state index in [1.54, 1.807) is 11.3 Å². The maximum Gasteiger partial charge on any atom is 0.133 e. The Morgan fingerprint density at radius 2 is 2.22 bits per heavy atom. The van der Waals surface area contributed by atoms with E-state index in [0.717, 1.165) is 28.8 Å². The first-order valence-corrected chi connectivity index (χ1v) is 7.61. The van der Waals surface area contributed by atoms with E-state index in [4.69, 9.17) is 10.5 Å². The van der Waals surface area contributed by atoms with Crippen molar-refractivity contribution in [2.75, 3.05) is 6.61 Å². The molecule has 0 saturated carbocycles. The second kappa shape index (κ2) is 6.36. The molecule has 1 aromatic carbocycles. The van der Waals surface area contributed by atoms with Gasteiger partial charge in [0.05, 0.1) is 17.1 Å². The first-order chi connectivity index (χ1) is 8.72. The Bertz CT molecular complexity index is 499. The van der Waals surface area contributed by atoms with Gasteiger partial charge in [-0.3, -0.25) is 0 Å². The summed E-state index contributed by atoms with van der Waals surface area (Å²) in [5.41, 5.74) is 7.32. The van der Waals surface area contributed by atoms with Crippen LogP contribution in [0.3, 0.4) is 0 Å². The van der Waals surface area contributed by atoms with Crippen molar-refractivity contribution in [2.24, 2.45) is 5.73 Å². The number of benzene rings is 1. The van der Waals surface area contributed by atoms with Crippen LogP contribution in [0.25, 0.3) is 0 Å². The highest BCUT2D eigenvalue weighted by Crippen LogP contribution is 2.31. The van der Waals surface area contributed by atoms with Crippen molar-refractivity contribution in [3.63, 3.8) is 0 Å². The minimum atomic E-state index is -0.0680. The Labute approximate surface area is 120 Å². The molecule has 2 N–H and O–H groups in total. The van der Waals surface area contributed by atoms with Crippen molar-refractivity contribution >= 4 is 27.3 Å². The average Bonchev–Trinajstić information content (AvgIpc) is 2.90. The van der Waals surface area contributed by atoms with Crippen molar-refractivity contribution in [3.8, 4) is 5.75 Å². The fourth-order valence-corrected chi connectivity index (χ4v) is 2.94. The minimum absolute atomic E-state index is 0.0680. The molecule has 0 spiro atoms. The van der Waals surface area contributed by atoms with Crippen LogP contribution >= 0.6 is 27.3 Å². The van der Waals surface area contributed by atoms with Gasteiger partial charge >= 0.3 is 0 Å². The van der Waals surface area contributed by atoms with Crippen LogP contribution in [-0.2, 0) is 0 Å². The number of ether oxygens (including phenoxy) is 1. The fraction of sp³-hybridized carbons (Fsp3) is 0.286. The molecule has 0 saturated heterocycles. The van der Waals surface area contributed by atoms with Gasteiger partial charge in [-0.15, -0.1) is 11.3 Å². The molecule has 1 aromatic heterocycles. The SMILES string of the molecule is CCCOc1ccc(C(N)c2cccs2)cc1Br. The number of hydrogen-bond donors (Lipinski definition) is 1. The maximum absolute atomic E-state index is 6.23. The van der Waals surface area contributed by atoms with Gasteiger partial charge in [0.15, 0.2) is 0 Å². The Hall–Kier alpha value is -0.840. The number of hydrogen-bond acceptors (Lipinski definition) is 3. The van der Waals surface area contributed by atoms with Gasteiger partial charge in [0.25, 0.3) is 0 Å². The third kappa shape index (κ3) is 3.13. The predicted octanol–water partition coefficient (Wildman–Crippen LogP) is 4.35.